The number of ether oxygens (including phenoxy) is 2. The molecule has 154 valence electrons. The fraction of sp³-hybridized carbons (Fsp3) is 0.350. The zero-order valence-electron chi connectivity index (χ0n) is 16.7. The van der Waals surface area contributed by atoms with Crippen LogP contribution in [0.5, 0.6) is 11.5 Å². The highest BCUT2D eigenvalue weighted by Gasteiger charge is 2.17. The van der Waals surface area contributed by atoms with Crippen molar-refractivity contribution in [3.8, 4) is 23.1 Å². The highest BCUT2D eigenvalue weighted by molar-refractivity contribution is 5.94. The summed E-state index contributed by atoms with van der Waals surface area (Å²) in [6.07, 6.45) is 2.41. The summed E-state index contributed by atoms with van der Waals surface area (Å²) in [7, 11) is 3.12. The van der Waals surface area contributed by atoms with Crippen molar-refractivity contribution in [1.29, 1.82) is 0 Å². The van der Waals surface area contributed by atoms with Crippen molar-refractivity contribution < 1.29 is 23.1 Å². The van der Waals surface area contributed by atoms with Crippen LogP contribution < -0.4 is 14.8 Å². The van der Waals surface area contributed by atoms with Gasteiger partial charge in [0.05, 0.1) is 39.3 Å². The lowest BCUT2D eigenvalue weighted by Crippen LogP contribution is -2.33. The molecule has 0 fully saturated rings. The molecule has 0 unspecified atom stereocenters. The second kappa shape index (κ2) is 9.74. The van der Waals surface area contributed by atoms with Gasteiger partial charge >= 0.3 is 0 Å². The molecule has 0 radical (unpaired) electrons. The van der Waals surface area contributed by atoms with E-state index in [1.807, 2.05) is 11.8 Å². The molecule has 0 saturated heterocycles. The Hall–Kier alpha value is -3.33. The molecule has 1 amide bonds. The first kappa shape index (κ1) is 20.4. The molecule has 9 nitrogen and oxygen atoms in total. The monoisotopic (exact) mass is 400 g/mol. The maximum atomic E-state index is 12.6. The summed E-state index contributed by atoms with van der Waals surface area (Å²) in [5, 5.41) is 10.9. The fourth-order valence-corrected chi connectivity index (χ4v) is 2.84. The van der Waals surface area contributed by atoms with Gasteiger partial charge in [-0.25, -0.2) is 0 Å². The Morgan fingerprint density at radius 2 is 2.07 bits per heavy atom. The van der Waals surface area contributed by atoms with Crippen LogP contribution in [0.25, 0.3) is 11.7 Å². The molecular formula is C20H24N4O5. The predicted octanol–water partition coefficient (Wildman–Crippen LogP) is 3.20. The van der Waals surface area contributed by atoms with Gasteiger partial charge in [-0.05, 0) is 37.2 Å². The van der Waals surface area contributed by atoms with E-state index >= 15 is 0 Å². The van der Waals surface area contributed by atoms with E-state index in [9.17, 15) is 4.79 Å². The van der Waals surface area contributed by atoms with Crippen molar-refractivity contribution in [2.24, 2.45) is 0 Å². The zero-order chi connectivity index (χ0) is 20.6. The molecule has 0 atom stereocenters. The van der Waals surface area contributed by atoms with Crippen molar-refractivity contribution in [3.05, 3.63) is 42.5 Å². The van der Waals surface area contributed by atoms with E-state index < -0.39 is 0 Å². The van der Waals surface area contributed by atoms with E-state index in [1.165, 1.54) is 0 Å². The van der Waals surface area contributed by atoms with Crippen molar-refractivity contribution in [3.63, 3.8) is 0 Å². The molecule has 0 aliphatic heterocycles. The molecule has 9 heteroatoms. The molecule has 2 heterocycles. The van der Waals surface area contributed by atoms with Gasteiger partial charge in [-0.15, -0.1) is 10.2 Å². The highest BCUT2D eigenvalue weighted by Crippen LogP contribution is 2.28. The topological polar surface area (TPSA) is 103 Å². The van der Waals surface area contributed by atoms with Crippen molar-refractivity contribution >= 4 is 11.6 Å². The molecular weight excluding hydrogens is 376 g/mol. The molecule has 0 bridgehead atoms. The molecule has 0 aliphatic rings. The zero-order valence-corrected chi connectivity index (χ0v) is 16.7. The van der Waals surface area contributed by atoms with Crippen LogP contribution in [0, 0.1) is 0 Å². The summed E-state index contributed by atoms with van der Waals surface area (Å²) in [4.78, 5) is 14.5. The molecule has 29 heavy (non-hydrogen) atoms. The average Bonchev–Trinajstić information content (AvgIpc) is 3.39. The largest absolute Gasteiger partial charge is 0.497 e. The Kier molecular flexibility index (Phi) is 6.85. The van der Waals surface area contributed by atoms with Crippen LogP contribution in [0.2, 0.25) is 0 Å². The smallest absolute Gasteiger partial charge is 0.283 e. The summed E-state index contributed by atoms with van der Waals surface area (Å²) in [5.74, 6) is 2.23. The molecule has 2 aromatic heterocycles. The lowest BCUT2D eigenvalue weighted by molar-refractivity contribution is -0.117. The number of nitrogens with zero attached hydrogens (tertiary/aromatic N) is 3. The van der Waals surface area contributed by atoms with Crippen LogP contribution in [0.3, 0.4) is 0 Å². The number of hydrogen-bond donors (Lipinski definition) is 1. The first-order chi connectivity index (χ1) is 14.1. The summed E-state index contributed by atoms with van der Waals surface area (Å²) in [6, 6.07) is 8.72. The predicted molar refractivity (Wildman–Crippen MR) is 106 cm³/mol. The third-order valence-corrected chi connectivity index (χ3v) is 4.15. The van der Waals surface area contributed by atoms with Gasteiger partial charge in [0, 0.05) is 6.07 Å². The maximum absolute atomic E-state index is 12.6. The molecule has 0 spiro atoms. The van der Waals surface area contributed by atoms with Gasteiger partial charge in [-0.1, -0.05) is 6.92 Å². The van der Waals surface area contributed by atoms with Gasteiger partial charge < -0.3 is 23.6 Å². The van der Waals surface area contributed by atoms with E-state index in [0.29, 0.717) is 47.8 Å². The first-order valence-electron chi connectivity index (χ1n) is 9.23. The van der Waals surface area contributed by atoms with Gasteiger partial charge in [0.25, 0.3) is 5.89 Å². The van der Waals surface area contributed by atoms with Crippen LogP contribution >= 0.6 is 0 Å². The van der Waals surface area contributed by atoms with Gasteiger partial charge in [-0.3, -0.25) is 9.69 Å². The summed E-state index contributed by atoms with van der Waals surface area (Å²) < 4.78 is 21.4. The van der Waals surface area contributed by atoms with Crippen LogP contribution in [0.15, 0.2) is 45.4 Å². The minimum absolute atomic E-state index is 0.159. The lowest BCUT2D eigenvalue weighted by Gasteiger charge is -2.19. The number of furan rings is 1. The maximum Gasteiger partial charge on any atom is 0.283 e. The second-order valence-corrected chi connectivity index (χ2v) is 6.30. The number of nitrogens with one attached hydrogen (secondary N) is 1. The quantitative estimate of drug-likeness (QED) is 0.553. The Balaban J connectivity index is 1.65. The number of aromatic nitrogens is 2. The lowest BCUT2D eigenvalue weighted by atomic mass is 10.2. The number of rotatable bonds is 10. The van der Waals surface area contributed by atoms with E-state index in [-0.39, 0.29) is 12.5 Å². The number of hydrogen-bond acceptors (Lipinski definition) is 8. The number of carbonyl (C=O) groups is 1. The van der Waals surface area contributed by atoms with Crippen LogP contribution in [-0.4, -0.2) is 48.3 Å². The van der Waals surface area contributed by atoms with Crippen LogP contribution in [0.1, 0.15) is 19.2 Å². The normalized spacial score (nSPS) is 10.9. The Morgan fingerprint density at radius 3 is 2.76 bits per heavy atom. The van der Waals surface area contributed by atoms with E-state index in [0.717, 1.165) is 6.42 Å². The number of anilines is 1. The molecule has 0 aliphatic carbocycles. The average molecular weight is 400 g/mol. The number of carbonyl (C=O) groups excluding carboxylic acids is 1. The Morgan fingerprint density at radius 1 is 1.21 bits per heavy atom. The molecule has 3 aromatic rings. The minimum Gasteiger partial charge on any atom is -0.497 e. The molecule has 3 rings (SSSR count). The van der Waals surface area contributed by atoms with E-state index in [1.54, 1.807) is 50.8 Å². The van der Waals surface area contributed by atoms with Crippen molar-refractivity contribution in [1.82, 2.24) is 15.1 Å². The van der Waals surface area contributed by atoms with E-state index in [2.05, 4.69) is 15.5 Å². The first-order valence-corrected chi connectivity index (χ1v) is 9.23. The summed E-state index contributed by atoms with van der Waals surface area (Å²) in [5.41, 5.74) is 0.547. The Labute approximate surface area is 168 Å². The molecule has 1 aromatic carbocycles. The second-order valence-electron chi connectivity index (χ2n) is 6.30. The summed E-state index contributed by atoms with van der Waals surface area (Å²) >= 11 is 0. The van der Waals surface area contributed by atoms with Crippen molar-refractivity contribution in [2.75, 3.05) is 32.6 Å². The van der Waals surface area contributed by atoms with Crippen LogP contribution in [0.4, 0.5) is 5.69 Å². The fourth-order valence-electron chi connectivity index (χ4n) is 2.84. The molecule has 1 N–H and O–H groups in total. The third-order valence-electron chi connectivity index (χ3n) is 4.15. The van der Waals surface area contributed by atoms with Gasteiger partial charge in [-0.2, -0.15) is 0 Å². The number of amides is 1. The standard InChI is InChI=1S/C20H24N4O5/c1-4-9-24(13-19-22-23-20(29-19)17-6-5-10-28-17)12-18(25)21-15-11-14(26-2)7-8-16(15)27-3/h5-8,10-11H,4,9,12-13H2,1-3H3,(H,21,25). The third kappa shape index (κ3) is 5.35. The van der Waals surface area contributed by atoms with Gasteiger partial charge in [0.1, 0.15) is 11.5 Å². The SMILES string of the molecule is CCCN(CC(=O)Nc1cc(OC)ccc1OC)Cc1nnc(-c2ccco2)o1. The molecule has 0 saturated carbocycles. The Bertz CT molecular complexity index is 923. The van der Waals surface area contributed by atoms with Crippen molar-refractivity contribution in [2.45, 2.75) is 19.9 Å². The van der Waals surface area contributed by atoms with Crippen LogP contribution in [-0.2, 0) is 11.3 Å². The van der Waals surface area contributed by atoms with Gasteiger partial charge in [0.15, 0.2) is 5.76 Å². The number of benzene rings is 1. The summed E-state index contributed by atoms with van der Waals surface area (Å²) in [6.45, 7) is 3.25. The number of methoxy groups -OCH3 is 2. The highest BCUT2D eigenvalue weighted by atomic mass is 16.5. The minimum atomic E-state index is -0.184. The van der Waals surface area contributed by atoms with E-state index in [4.69, 9.17) is 18.3 Å². The van der Waals surface area contributed by atoms with Gasteiger partial charge in [0.2, 0.25) is 11.8 Å².